The van der Waals surface area contributed by atoms with Crippen LogP contribution in [0.1, 0.15) is 53.3 Å². The predicted molar refractivity (Wildman–Crippen MR) is 121 cm³/mol. The monoisotopic (exact) mass is 424 g/mol. The van der Waals surface area contributed by atoms with Crippen molar-refractivity contribution in [2.24, 2.45) is 0 Å². The first kappa shape index (κ1) is 20.9. The normalized spacial score (nSPS) is 17.0. The van der Waals surface area contributed by atoms with Crippen molar-refractivity contribution in [2.45, 2.75) is 42.4 Å². The van der Waals surface area contributed by atoms with Crippen molar-refractivity contribution < 1.29 is 14.5 Å². The topological polar surface area (TPSA) is 53.9 Å². The number of quaternary nitrogens is 1. The molecule has 0 bridgehead atoms. The van der Waals surface area contributed by atoms with Crippen LogP contribution in [0.4, 0.5) is 5.69 Å². The first-order valence-electron chi connectivity index (χ1n) is 11.0. The molecule has 2 N–H and O–H groups in total. The van der Waals surface area contributed by atoms with E-state index >= 15 is 0 Å². The Balaban J connectivity index is 1.48. The number of nitrogens with zero attached hydrogens (tertiary/aromatic N) is 1. The van der Waals surface area contributed by atoms with E-state index in [0.29, 0.717) is 24.2 Å². The Morgan fingerprint density at radius 3 is 2.60 bits per heavy atom. The highest BCUT2D eigenvalue weighted by Crippen LogP contribution is 2.41. The molecule has 0 aromatic heterocycles. The summed E-state index contributed by atoms with van der Waals surface area (Å²) >= 11 is 1.59. The number of carbonyl (C=O) groups excluding carboxylic acids is 2. The molecule has 158 valence electrons. The molecule has 2 amide bonds. The van der Waals surface area contributed by atoms with Crippen molar-refractivity contribution in [3.05, 3.63) is 53.6 Å². The lowest BCUT2D eigenvalue weighted by Gasteiger charge is -2.22. The van der Waals surface area contributed by atoms with Crippen molar-refractivity contribution in [1.29, 1.82) is 0 Å². The van der Waals surface area contributed by atoms with Crippen LogP contribution in [0.15, 0.2) is 52.3 Å². The third kappa shape index (κ3) is 4.55. The summed E-state index contributed by atoms with van der Waals surface area (Å²) in [6, 6.07) is 13.4. The maximum atomic E-state index is 13.1. The zero-order chi connectivity index (χ0) is 20.9. The van der Waals surface area contributed by atoms with Gasteiger partial charge in [0.1, 0.15) is 0 Å². The fourth-order valence-electron chi connectivity index (χ4n) is 4.31. The van der Waals surface area contributed by atoms with Crippen molar-refractivity contribution in [2.75, 3.05) is 37.6 Å². The van der Waals surface area contributed by atoms with E-state index in [1.165, 1.54) is 38.8 Å². The van der Waals surface area contributed by atoms with Gasteiger partial charge in [0.15, 0.2) is 0 Å². The molecular formula is C24H30N3O2S+. The minimum atomic E-state index is -0.0673. The van der Waals surface area contributed by atoms with Crippen LogP contribution < -0.4 is 15.1 Å². The summed E-state index contributed by atoms with van der Waals surface area (Å²) in [5.41, 5.74) is 2.14. The molecule has 2 aliphatic heterocycles. The van der Waals surface area contributed by atoms with Gasteiger partial charge in [-0.1, -0.05) is 23.9 Å². The molecule has 1 saturated heterocycles. The number of carbonyl (C=O) groups is 2. The van der Waals surface area contributed by atoms with Crippen LogP contribution in [-0.4, -0.2) is 44.5 Å². The van der Waals surface area contributed by atoms with Gasteiger partial charge in [-0.05, 0) is 62.9 Å². The second kappa shape index (κ2) is 9.67. The first-order valence-corrected chi connectivity index (χ1v) is 11.8. The van der Waals surface area contributed by atoms with Crippen LogP contribution in [-0.2, 0) is 0 Å². The maximum absolute atomic E-state index is 13.1. The van der Waals surface area contributed by atoms with Gasteiger partial charge in [-0.3, -0.25) is 9.59 Å². The van der Waals surface area contributed by atoms with E-state index in [0.717, 1.165) is 22.0 Å². The Hall–Kier alpha value is -2.31. The van der Waals surface area contributed by atoms with Gasteiger partial charge in [0.25, 0.3) is 11.8 Å². The molecule has 6 heteroatoms. The van der Waals surface area contributed by atoms with Gasteiger partial charge >= 0.3 is 0 Å². The highest BCUT2D eigenvalue weighted by molar-refractivity contribution is 7.99. The summed E-state index contributed by atoms with van der Waals surface area (Å²) in [5, 5.41) is 3.08. The third-order valence-electron chi connectivity index (χ3n) is 5.99. The average Bonchev–Trinajstić information content (AvgIpc) is 3.09. The smallest absolute Gasteiger partial charge is 0.259 e. The van der Waals surface area contributed by atoms with E-state index in [2.05, 4.69) is 5.32 Å². The molecule has 2 aliphatic rings. The SMILES string of the molecule is CCN1C(=O)c2ccccc2Sc2ccc(C(=O)NCC[NH+]3CCCCCC3)cc21. The van der Waals surface area contributed by atoms with Crippen LogP contribution in [0.3, 0.4) is 0 Å². The maximum Gasteiger partial charge on any atom is 0.259 e. The molecule has 30 heavy (non-hydrogen) atoms. The minimum Gasteiger partial charge on any atom is -0.346 e. The van der Waals surface area contributed by atoms with Gasteiger partial charge in [0.05, 0.1) is 37.4 Å². The third-order valence-corrected chi connectivity index (χ3v) is 7.13. The molecule has 2 aromatic rings. The summed E-state index contributed by atoms with van der Waals surface area (Å²) in [4.78, 5) is 31.2. The van der Waals surface area contributed by atoms with Crippen LogP contribution in [0.25, 0.3) is 0 Å². The van der Waals surface area contributed by atoms with Gasteiger partial charge in [0.2, 0.25) is 0 Å². The molecule has 1 fully saturated rings. The Labute approximate surface area is 182 Å². The molecule has 4 rings (SSSR count). The summed E-state index contributed by atoms with van der Waals surface area (Å²) < 4.78 is 0. The highest BCUT2D eigenvalue weighted by Gasteiger charge is 2.27. The summed E-state index contributed by atoms with van der Waals surface area (Å²) in [7, 11) is 0. The second-order valence-electron chi connectivity index (χ2n) is 8.00. The number of benzene rings is 2. The number of anilines is 1. The van der Waals surface area contributed by atoms with Crippen LogP contribution in [0, 0.1) is 0 Å². The number of hydrogen-bond donors (Lipinski definition) is 2. The summed E-state index contributed by atoms with van der Waals surface area (Å²) in [5.74, 6) is -0.0797. The van der Waals surface area contributed by atoms with Crippen molar-refractivity contribution in [1.82, 2.24) is 5.32 Å². The fourth-order valence-corrected chi connectivity index (χ4v) is 5.37. The van der Waals surface area contributed by atoms with Crippen molar-refractivity contribution >= 4 is 29.3 Å². The number of fused-ring (bicyclic) bond motifs is 2. The molecular weight excluding hydrogens is 394 g/mol. The molecule has 0 spiro atoms. The van der Waals surface area contributed by atoms with E-state index in [9.17, 15) is 9.59 Å². The quantitative estimate of drug-likeness (QED) is 0.776. The van der Waals surface area contributed by atoms with Gasteiger partial charge in [-0.2, -0.15) is 0 Å². The molecule has 2 heterocycles. The Morgan fingerprint density at radius 2 is 1.83 bits per heavy atom. The predicted octanol–water partition coefficient (Wildman–Crippen LogP) is 3.01. The van der Waals surface area contributed by atoms with Crippen LogP contribution in [0.5, 0.6) is 0 Å². The van der Waals surface area contributed by atoms with Crippen molar-refractivity contribution in [3.8, 4) is 0 Å². The molecule has 0 aliphatic carbocycles. The molecule has 0 radical (unpaired) electrons. The van der Waals surface area contributed by atoms with E-state index in [-0.39, 0.29) is 11.8 Å². The Bertz CT molecular complexity index is 922. The summed E-state index contributed by atoms with van der Waals surface area (Å²) in [6.45, 7) is 6.60. The van der Waals surface area contributed by atoms with E-state index in [1.54, 1.807) is 21.6 Å². The molecule has 2 aromatic carbocycles. The largest absolute Gasteiger partial charge is 0.346 e. The van der Waals surface area contributed by atoms with Gasteiger partial charge in [-0.25, -0.2) is 0 Å². The lowest BCUT2D eigenvalue weighted by Crippen LogP contribution is -3.12. The lowest BCUT2D eigenvalue weighted by molar-refractivity contribution is -0.898. The van der Waals surface area contributed by atoms with Crippen LogP contribution >= 0.6 is 11.8 Å². The number of likely N-dealkylation sites (tertiary alicyclic amines) is 1. The zero-order valence-corrected chi connectivity index (χ0v) is 18.4. The first-order chi connectivity index (χ1) is 14.7. The average molecular weight is 425 g/mol. The standard InChI is InChI=1S/C24H29N3O2S/c1-2-27-20-17-18(23(28)25-13-16-26-14-7-3-4-8-15-26)11-12-22(20)30-21-10-6-5-9-19(21)24(27)29/h5-6,9-12,17H,2-4,7-8,13-16H2,1H3,(H,25,28)/p+1. The van der Waals surface area contributed by atoms with Gasteiger partial charge in [-0.15, -0.1) is 0 Å². The number of nitrogens with one attached hydrogen (secondary N) is 2. The number of rotatable bonds is 5. The van der Waals surface area contributed by atoms with Gasteiger partial charge in [0, 0.05) is 21.9 Å². The molecule has 0 unspecified atom stereocenters. The molecule has 5 nitrogen and oxygen atoms in total. The number of amides is 2. The highest BCUT2D eigenvalue weighted by atomic mass is 32.2. The molecule has 0 atom stereocenters. The zero-order valence-electron chi connectivity index (χ0n) is 17.6. The molecule has 0 saturated carbocycles. The van der Waals surface area contributed by atoms with Gasteiger partial charge < -0.3 is 15.1 Å². The summed E-state index contributed by atoms with van der Waals surface area (Å²) in [6.07, 6.45) is 5.24. The Kier molecular flexibility index (Phi) is 6.75. The van der Waals surface area contributed by atoms with E-state index in [1.807, 2.05) is 49.4 Å². The van der Waals surface area contributed by atoms with Crippen molar-refractivity contribution in [3.63, 3.8) is 0 Å². The Morgan fingerprint density at radius 1 is 1.07 bits per heavy atom. The fraction of sp³-hybridized carbons (Fsp3) is 0.417. The van der Waals surface area contributed by atoms with E-state index in [4.69, 9.17) is 0 Å². The van der Waals surface area contributed by atoms with Crippen LogP contribution in [0.2, 0.25) is 0 Å². The minimum absolute atomic E-state index is 0.0123. The lowest BCUT2D eigenvalue weighted by atomic mass is 10.1. The van der Waals surface area contributed by atoms with E-state index < -0.39 is 0 Å². The number of hydrogen-bond acceptors (Lipinski definition) is 3. The second-order valence-corrected chi connectivity index (χ2v) is 9.08.